The molecule has 0 aromatic carbocycles. The highest BCUT2D eigenvalue weighted by atomic mass is 16.5. The maximum Gasteiger partial charge on any atom is 0.326 e. The summed E-state index contributed by atoms with van der Waals surface area (Å²) in [6, 6.07) is -0.922. The summed E-state index contributed by atoms with van der Waals surface area (Å²) in [5.41, 5.74) is 1.37. The lowest BCUT2D eigenvalue weighted by Gasteiger charge is -2.15. The molecule has 0 bridgehead atoms. The van der Waals surface area contributed by atoms with Crippen molar-refractivity contribution < 1.29 is 19.4 Å². The van der Waals surface area contributed by atoms with Gasteiger partial charge in [-0.2, -0.15) is 5.10 Å². The van der Waals surface area contributed by atoms with Crippen molar-refractivity contribution in [3.05, 3.63) is 11.3 Å². The van der Waals surface area contributed by atoms with Crippen LogP contribution in [0.15, 0.2) is 0 Å². The molecule has 2 heterocycles. The Kier molecular flexibility index (Phi) is 2.98. The summed E-state index contributed by atoms with van der Waals surface area (Å²) in [4.78, 5) is 22.6. The van der Waals surface area contributed by atoms with Crippen LogP contribution in [-0.4, -0.2) is 39.9 Å². The maximum atomic E-state index is 11.4. The number of carbonyl (C=O) groups excluding carboxylic acids is 1. The van der Waals surface area contributed by atoms with Gasteiger partial charge in [-0.3, -0.25) is 4.79 Å². The smallest absolute Gasteiger partial charge is 0.326 e. The van der Waals surface area contributed by atoms with Gasteiger partial charge < -0.3 is 15.2 Å². The molecule has 2 rings (SSSR count). The Morgan fingerprint density at radius 1 is 1.61 bits per heavy atom. The molecule has 1 fully saturated rings. The van der Waals surface area contributed by atoms with Crippen LogP contribution in [0.25, 0.3) is 0 Å². The molecule has 7 heteroatoms. The third-order valence-electron chi connectivity index (χ3n) is 3.17. The van der Waals surface area contributed by atoms with Gasteiger partial charge in [-0.25, -0.2) is 9.48 Å². The summed E-state index contributed by atoms with van der Waals surface area (Å²) in [6.07, 6.45) is 0.139. The topological polar surface area (TPSA) is 93.4 Å². The summed E-state index contributed by atoms with van der Waals surface area (Å²) in [6.45, 7) is 1.78. The zero-order valence-electron chi connectivity index (χ0n) is 10.4. The van der Waals surface area contributed by atoms with Gasteiger partial charge in [-0.05, 0) is 6.92 Å². The summed E-state index contributed by atoms with van der Waals surface area (Å²) >= 11 is 0. The van der Waals surface area contributed by atoms with E-state index in [1.165, 1.54) is 7.11 Å². The van der Waals surface area contributed by atoms with Crippen molar-refractivity contribution in [2.24, 2.45) is 7.05 Å². The Balaban J connectivity index is 2.47. The number of methoxy groups -OCH3 is 1. The first-order valence-electron chi connectivity index (χ1n) is 5.55. The van der Waals surface area contributed by atoms with E-state index < -0.39 is 17.9 Å². The minimum Gasteiger partial charge on any atom is -0.481 e. The fourth-order valence-corrected chi connectivity index (χ4v) is 2.48. The molecule has 2 unspecified atom stereocenters. The first kappa shape index (κ1) is 12.4. The summed E-state index contributed by atoms with van der Waals surface area (Å²) in [5.74, 6) is -1.26. The molecule has 0 aliphatic carbocycles. The van der Waals surface area contributed by atoms with Crippen LogP contribution in [0.3, 0.4) is 0 Å². The molecule has 2 atom stereocenters. The fourth-order valence-electron chi connectivity index (χ4n) is 2.48. The molecule has 18 heavy (non-hydrogen) atoms. The van der Waals surface area contributed by atoms with Crippen LogP contribution in [0.5, 0.6) is 5.88 Å². The van der Waals surface area contributed by atoms with E-state index in [2.05, 4.69) is 10.4 Å². The molecule has 1 aromatic rings. The van der Waals surface area contributed by atoms with Crippen LogP contribution >= 0.6 is 0 Å². The second kappa shape index (κ2) is 4.32. The largest absolute Gasteiger partial charge is 0.481 e. The zero-order valence-corrected chi connectivity index (χ0v) is 10.4. The molecule has 0 radical (unpaired) electrons. The van der Waals surface area contributed by atoms with E-state index >= 15 is 0 Å². The molecule has 1 saturated heterocycles. The molecular weight excluding hydrogens is 238 g/mol. The number of hydrogen-bond acceptors (Lipinski definition) is 4. The van der Waals surface area contributed by atoms with E-state index in [0.29, 0.717) is 17.1 Å². The summed E-state index contributed by atoms with van der Waals surface area (Å²) in [7, 11) is 3.22. The number of nitrogens with one attached hydrogen (secondary N) is 1. The number of aromatic nitrogens is 2. The highest BCUT2D eigenvalue weighted by Gasteiger charge is 2.41. The van der Waals surface area contributed by atoms with Crippen LogP contribution in [-0.2, 0) is 16.6 Å². The van der Waals surface area contributed by atoms with Crippen LogP contribution in [0, 0.1) is 6.92 Å². The highest BCUT2D eigenvalue weighted by Crippen LogP contribution is 2.36. The number of amides is 1. The Morgan fingerprint density at radius 3 is 2.83 bits per heavy atom. The fraction of sp³-hybridized carbons (Fsp3) is 0.545. The van der Waals surface area contributed by atoms with E-state index in [9.17, 15) is 9.59 Å². The normalized spacial score (nSPS) is 22.9. The molecule has 1 aliphatic heterocycles. The number of carboxylic acids is 1. The van der Waals surface area contributed by atoms with E-state index in [-0.39, 0.29) is 12.3 Å². The van der Waals surface area contributed by atoms with Crippen molar-refractivity contribution in [2.75, 3.05) is 7.11 Å². The minimum absolute atomic E-state index is 0.139. The maximum absolute atomic E-state index is 11.4. The Labute approximate surface area is 104 Å². The number of carbonyl (C=O) groups is 2. The SMILES string of the molecule is COc1c(C2CC(=O)NC2C(=O)O)c(C)nn1C. The quantitative estimate of drug-likeness (QED) is 0.777. The van der Waals surface area contributed by atoms with Crippen molar-refractivity contribution in [2.45, 2.75) is 25.3 Å². The lowest BCUT2D eigenvalue weighted by atomic mass is 9.92. The van der Waals surface area contributed by atoms with Crippen molar-refractivity contribution >= 4 is 11.9 Å². The Morgan fingerprint density at radius 2 is 2.28 bits per heavy atom. The van der Waals surface area contributed by atoms with Crippen molar-refractivity contribution in [3.8, 4) is 5.88 Å². The zero-order chi connectivity index (χ0) is 13.4. The Bertz CT molecular complexity index is 509. The van der Waals surface area contributed by atoms with E-state index in [1.807, 2.05) is 0 Å². The number of rotatable bonds is 3. The van der Waals surface area contributed by atoms with E-state index in [0.717, 1.165) is 0 Å². The van der Waals surface area contributed by atoms with Crippen molar-refractivity contribution in [3.63, 3.8) is 0 Å². The third kappa shape index (κ3) is 1.81. The van der Waals surface area contributed by atoms with Gasteiger partial charge in [0.05, 0.1) is 12.8 Å². The number of nitrogens with zero attached hydrogens (tertiary/aromatic N) is 2. The molecular formula is C11H15N3O4. The highest BCUT2D eigenvalue weighted by molar-refractivity contribution is 5.89. The van der Waals surface area contributed by atoms with Gasteiger partial charge >= 0.3 is 5.97 Å². The second-order valence-corrected chi connectivity index (χ2v) is 4.33. The number of ether oxygens (including phenoxy) is 1. The molecule has 0 saturated carbocycles. The molecule has 1 amide bonds. The van der Waals surface area contributed by atoms with Crippen LogP contribution in [0.2, 0.25) is 0 Å². The average molecular weight is 253 g/mol. The summed E-state index contributed by atoms with van der Waals surface area (Å²) in [5, 5.41) is 15.8. The van der Waals surface area contributed by atoms with Gasteiger partial charge in [-0.1, -0.05) is 0 Å². The minimum atomic E-state index is -1.05. The molecule has 0 spiro atoms. The van der Waals surface area contributed by atoms with Crippen LogP contribution in [0.4, 0.5) is 0 Å². The molecule has 98 valence electrons. The van der Waals surface area contributed by atoms with Crippen LogP contribution < -0.4 is 10.1 Å². The molecule has 1 aromatic heterocycles. The van der Waals surface area contributed by atoms with Gasteiger partial charge in [0.1, 0.15) is 6.04 Å². The standard InChI is InChI=1S/C11H15N3O4/c1-5-8(10(18-3)14(2)13-5)6-4-7(15)12-9(6)11(16)17/h6,9H,4H2,1-3H3,(H,12,15)(H,16,17). The predicted octanol–water partition coefficient (Wildman–Crippen LogP) is -0.206. The van der Waals surface area contributed by atoms with Crippen LogP contribution in [0.1, 0.15) is 23.6 Å². The third-order valence-corrected chi connectivity index (χ3v) is 3.17. The second-order valence-electron chi connectivity index (χ2n) is 4.33. The van der Waals surface area contributed by atoms with Crippen molar-refractivity contribution in [1.82, 2.24) is 15.1 Å². The number of carboxylic acid groups (broad SMARTS) is 1. The molecule has 1 aliphatic rings. The average Bonchev–Trinajstić information content (AvgIpc) is 2.78. The van der Waals surface area contributed by atoms with Gasteiger partial charge in [0.2, 0.25) is 11.8 Å². The van der Waals surface area contributed by atoms with E-state index in [1.54, 1.807) is 18.7 Å². The van der Waals surface area contributed by atoms with E-state index in [4.69, 9.17) is 9.84 Å². The lowest BCUT2D eigenvalue weighted by Crippen LogP contribution is -2.36. The first-order valence-corrected chi connectivity index (χ1v) is 5.55. The van der Waals surface area contributed by atoms with Gasteiger partial charge in [0.15, 0.2) is 0 Å². The summed E-state index contributed by atoms with van der Waals surface area (Å²) < 4.78 is 6.79. The first-order chi connectivity index (χ1) is 8.45. The van der Waals surface area contributed by atoms with Gasteiger partial charge in [-0.15, -0.1) is 0 Å². The number of aliphatic carboxylic acids is 1. The molecule has 2 N–H and O–H groups in total. The lowest BCUT2D eigenvalue weighted by molar-refractivity contribution is -0.140. The number of hydrogen-bond donors (Lipinski definition) is 2. The van der Waals surface area contributed by atoms with Crippen molar-refractivity contribution in [1.29, 1.82) is 0 Å². The number of aryl methyl sites for hydroxylation is 2. The van der Waals surface area contributed by atoms with Gasteiger partial charge in [0, 0.05) is 24.9 Å². The Hall–Kier alpha value is -2.05. The van der Waals surface area contributed by atoms with Gasteiger partial charge in [0.25, 0.3) is 0 Å². The predicted molar refractivity (Wildman–Crippen MR) is 61.4 cm³/mol. The molecule has 7 nitrogen and oxygen atoms in total. The monoisotopic (exact) mass is 253 g/mol.